The summed E-state index contributed by atoms with van der Waals surface area (Å²) < 4.78 is 38.9. The van der Waals surface area contributed by atoms with Gasteiger partial charge in [0.25, 0.3) is 0 Å². The Hall–Kier alpha value is -3.03. The molecule has 3 amide bonds. The first kappa shape index (κ1) is 17.8. The van der Waals surface area contributed by atoms with Gasteiger partial charge in [-0.3, -0.25) is 4.79 Å². The predicted octanol–water partition coefficient (Wildman–Crippen LogP) is 4.08. The van der Waals surface area contributed by atoms with Crippen molar-refractivity contribution in [3.8, 4) is 0 Å². The number of carbonyl (C=O) groups excluding carboxylic acids is 2. The van der Waals surface area contributed by atoms with Gasteiger partial charge in [-0.2, -0.15) is 13.2 Å². The number of rotatable bonds is 3. The van der Waals surface area contributed by atoms with Crippen molar-refractivity contribution in [2.75, 3.05) is 10.6 Å². The molecule has 26 heavy (non-hydrogen) atoms. The van der Waals surface area contributed by atoms with Crippen LogP contribution in [0.5, 0.6) is 0 Å². The molecule has 0 spiro atoms. The van der Waals surface area contributed by atoms with E-state index in [0.29, 0.717) is 0 Å². The van der Waals surface area contributed by atoms with Crippen molar-refractivity contribution < 1.29 is 22.8 Å². The van der Waals surface area contributed by atoms with Crippen LogP contribution in [0.3, 0.4) is 0 Å². The lowest BCUT2D eigenvalue weighted by Gasteiger charge is -2.18. The summed E-state index contributed by atoms with van der Waals surface area (Å²) >= 11 is 0. The minimum Gasteiger partial charge on any atom is -0.331 e. The highest BCUT2D eigenvalue weighted by Gasteiger charge is 2.33. The summed E-state index contributed by atoms with van der Waals surface area (Å²) in [4.78, 5) is 23.5. The van der Waals surface area contributed by atoms with E-state index in [4.69, 9.17) is 0 Å². The van der Waals surface area contributed by atoms with Gasteiger partial charge in [0.1, 0.15) is 0 Å². The van der Waals surface area contributed by atoms with Gasteiger partial charge in [0.05, 0.1) is 23.7 Å². The molecule has 0 aromatic heterocycles. The summed E-state index contributed by atoms with van der Waals surface area (Å²) in [5, 5.41) is 7.56. The number of anilines is 2. The van der Waals surface area contributed by atoms with Crippen LogP contribution in [0.1, 0.15) is 29.7 Å². The van der Waals surface area contributed by atoms with Crippen molar-refractivity contribution in [3.05, 3.63) is 59.2 Å². The van der Waals surface area contributed by atoms with Gasteiger partial charge in [0.15, 0.2) is 0 Å². The van der Waals surface area contributed by atoms with E-state index in [9.17, 15) is 22.8 Å². The average molecular weight is 363 g/mol. The van der Waals surface area contributed by atoms with Crippen LogP contribution in [0, 0.1) is 0 Å². The summed E-state index contributed by atoms with van der Waals surface area (Å²) in [6.07, 6.45) is -4.30. The van der Waals surface area contributed by atoms with E-state index in [1.807, 2.05) is 0 Å². The minimum atomic E-state index is -4.56. The molecule has 2 aromatic rings. The fourth-order valence-corrected chi connectivity index (χ4v) is 2.80. The molecule has 0 aliphatic carbocycles. The van der Waals surface area contributed by atoms with Crippen molar-refractivity contribution in [2.24, 2.45) is 0 Å². The van der Waals surface area contributed by atoms with Crippen LogP contribution in [0.15, 0.2) is 42.5 Å². The Bertz CT molecular complexity index is 865. The van der Waals surface area contributed by atoms with Gasteiger partial charge < -0.3 is 16.0 Å². The number of urea groups is 1. The molecule has 0 bridgehead atoms. The van der Waals surface area contributed by atoms with Crippen molar-refractivity contribution in [3.63, 3.8) is 0 Å². The molecule has 1 heterocycles. The second-order valence-electron chi connectivity index (χ2n) is 6.01. The predicted molar refractivity (Wildman–Crippen MR) is 90.8 cm³/mol. The first-order chi connectivity index (χ1) is 12.2. The third-order valence-electron chi connectivity index (χ3n) is 4.08. The molecule has 0 saturated heterocycles. The summed E-state index contributed by atoms with van der Waals surface area (Å²) in [7, 11) is 0. The number of carbonyl (C=O) groups is 2. The van der Waals surface area contributed by atoms with Crippen molar-refractivity contribution >= 4 is 23.3 Å². The van der Waals surface area contributed by atoms with Crippen LogP contribution in [0.4, 0.5) is 29.3 Å². The summed E-state index contributed by atoms with van der Waals surface area (Å²) in [6, 6.07) is 8.86. The van der Waals surface area contributed by atoms with Gasteiger partial charge in [0.2, 0.25) is 5.91 Å². The van der Waals surface area contributed by atoms with Gasteiger partial charge >= 0.3 is 12.2 Å². The fourth-order valence-electron chi connectivity index (χ4n) is 2.80. The fraction of sp³-hybridized carbons (Fsp3) is 0.222. The molecule has 136 valence electrons. The lowest BCUT2D eigenvalue weighted by molar-refractivity contribution is -0.136. The molecule has 1 atom stereocenters. The Morgan fingerprint density at radius 1 is 1.19 bits per heavy atom. The smallest absolute Gasteiger partial charge is 0.331 e. The molecule has 8 heteroatoms. The van der Waals surface area contributed by atoms with Crippen LogP contribution in [-0.2, 0) is 17.4 Å². The molecule has 2 aromatic carbocycles. The monoisotopic (exact) mass is 363 g/mol. The van der Waals surface area contributed by atoms with Gasteiger partial charge in [-0.1, -0.05) is 24.3 Å². The number of para-hydroxylation sites is 1. The number of hydrogen-bond acceptors (Lipinski definition) is 2. The minimum absolute atomic E-state index is 0.0979. The Balaban J connectivity index is 1.70. The lowest BCUT2D eigenvalue weighted by Crippen LogP contribution is -2.32. The zero-order valence-corrected chi connectivity index (χ0v) is 13.8. The van der Waals surface area contributed by atoms with Crippen LogP contribution >= 0.6 is 0 Å². The summed E-state index contributed by atoms with van der Waals surface area (Å²) in [5.41, 5.74) is 1.08. The van der Waals surface area contributed by atoms with Crippen molar-refractivity contribution in [1.82, 2.24) is 5.32 Å². The average Bonchev–Trinajstić information content (AvgIpc) is 2.93. The maximum absolute atomic E-state index is 13.0. The highest BCUT2D eigenvalue weighted by atomic mass is 19.4. The normalized spacial score (nSPS) is 14.4. The van der Waals surface area contributed by atoms with E-state index >= 15 is 0 Å². The van der Waals surface area contributed by atoms with Crippen LogP contribution in [-0.4, -0.2) is 11.9 Å². The largest absolute Gasteiger partial charge is 0.418 e. The summed E-state index contributed by atoms with van der Waals surface area (Å²) in [6.45, 7) is 1.71. The van der Waals surface area contributed by atoms with E-state index in [1.54, 1.807) is 25.1 Å². The molecular formula is C18H16F3N3O2. The number of benzene rings is 2. The van der Waals surface area contributed by atoms with Crippen LogP contribution in [0.2, 0.25) is 0 Å². The van der Waals surface area contributed by atoms with E-state index in [2.05, 4.69) is 16.0 Å². The quantitative estimate of drug-likeness (QED) is 0.769. The lowest BCUT2D eigenvalue weighted by atomic mass is 10.0. The third kappa shape index (κ3) is 3.79. The van der Waals surface area contributed by atoms with E-state index in [0.717, 1.165) is 22.9 Å². The number of alkyl halides is 3. The number of amides is 3. The highest BCUT2D eigenvalue weighted by molar-refractivity contribution is 5.99. The molecule has 0 unspecified atom stereocenters. The van der Waals surface area contributed by atoms with E-state index < -0.39 is 23.8 Å². The third-order valence-corrected chi connectivity index (χ3v) is 4.08. The summed E-state index contributed by atoms with van der Waals surface area (Å²) in [5.74, 6) is -0.0979. The van der Waals surface area contributed by atoms with Crippen molar-refractivity contribution in [1.29, 1.82) is 0 Å². The number of halogens is 3. The molecule has 0 radical (unpaired) electrons. The number of nitrogens with one attached hydrogen (secondary N) is 3. The van der Waals surface area contributed by atoms with Crippen molar-refractivity contribution in [2.45, 2.75) is 25.6 Å². The van der Waals surface area contributed by atoms with Gasteiger partial charge in [-0.05, 0) is 36.2 Å². The molecule has 5 nitrogen and oxygen atoms in total. The number of hydrogen-bond donors (Lipinski definition) is 3. The molecule has 1 aliphatic heterocycles. The Morgan fingerprint density at radius 2 is 1.92 bits per heavy atom. The van der Waals surface area contributed by atoms with E-state index in [1.165, 1.54) is 18.2 Å². The Morgan fingerprint density at radius 3 is 2.65 bits per heavy atom. The molecule has 3 N–H and O–H groups in total. The highest BCUT2D eigenvalue weighted by Crippen LogP contribution is 2.34. The van der Waals surface area contributed by atoms with Gasteiger partial charge in [-0.15, -0.1) is 0 Å². The molecule has 0 saturated carbocycles. The molecular weight excluding hydrogens is 347 g/mol. The maximum Gasteiger partial charge on any atom is 0.418 e. The van der Waals surface area contributed by atoms with E-state index in [-0.39, 0.29) is 18.0 Å². The van der Waals surface area contributed by atoms with Crippen LogP contribution < -0.4 is 16.0 Å². The molecule has 3 rings (SSSR count). The Kier molecular flexibility index (Phi) is 4.58. The van der Waals surface area contributed by atoms with Gasteiger partial charge in [0, 0.05) is 5.69 Å². The molecule has 1 aliphatic rings. The van der Waals surface area contributed by atoms with Gasteiger partial charge in [-0.25, -0.2) is 4.79 Å². The number of fused-ring (bicyclic) bond motifs is 1. The first-order valence-corrected chi connectivity index (χ1v) is 7.90. The Labute approximate surface area is 147 Å². The second kappa shape index (κ2) is 6.70. The SMILES string of the molecule is C[C@@H](NC(=O)Nc1ccccc1C(F)(F)F)c1ccc2c(c1)CC(=O)N2. The molecule has 0 fully saturated rings. The van der Waals surface area contributed by atoms with Crippen LogP contribution in [0.25, 0.3) is 0 Å². The standard InChI is InChI=1S/C18H16F3N3O2/c1-10(11-6-7-14-12(8-11)9-16(25)23-14)22-17(26)24-15-5-3-2-4-13(15)18(19,20)21/h2-8,10H,9H2,1H3,(H,23,25)(H2,22,24,26)/t10-/m1/s1. The first-order valence-electron chi connectivity index (χ1n) is 7.90. The topological polar surface area (TPSA) is 70.2 Å². The second-order valence-corrected chi connectivity index (χ2v) is 6.01. The maximum atomic E-state index is 13.0. The zero-order chi connectivity index (χ0) is 18.9. The zero-order valence-electron chi connectivity index (χ0n) is 13.8.